The largest absolute Gasteiger partial charge is 0.245 e. The van der Waals surface area contributed by atoms with E-state index in [-0.39, 0.29) is 0 Å². The Labute approximate surface area is 44.7 Å². The summed E-state index contributed by atoms with van der Waals surface area (Å²) in [6.45, 7) is 0. The maximum atomic E-state index is 4.61. The van der Waals surface area contributed by atoms with Crippen molar-refractivity contribution >= 4 is 5.52 Å². The maximum absolute atomic E-state index is 4.61. The average molecular weight is 109 g/mol. The van der Waals surface area contributed by atoms with Crippen LogP contribution in [0.5, 0.6) is 0 Å². The van der Waals surface area contributed by atoms with Crippen LogP contribution in [-0.4, -0.2) is 14.9 Å². The first-order valence-corrected chi connectivity index (χ1v) is 2.22. The van der Waals surface area contributed by atoms with Crippen molar-refractivity contribution in [1.29, 1.82) is 0 Å². The van der Waals surface area contributed by atoms with E-state index >= 15 is 0 Å². The molecule has 0 aliphatic rings. The number of hydrogen-bond donors (Lipinski definition) is 0. The first-order valence-electron chi connectivity index (χ1n) is 2.22. The lowest BCUT2D eigenvalue weighted by Gasteiger charge is -1.68. The van der Waals surface area contributed by atoms with Gasteiger partial charge in [0.15, 0.2) is 0 Å². The van der Waals surface area contributed by atoms with Crippen molar-refractivity contribution in [2.45, 2.75) is 0 Å². The third kappa shape index (κ3) is 0.294. The third-order valence-electron chi connectivity index (χ3n) is 0.947. The molecule has 0 radical (unpaired) electrons. The van der Waals surface area contributed by atoms with Crippen molar-refractivity contribution < 1.29 is 4.63 Å². The Balaban J connectivity index is 3.06. The predicted octanol–water partition coefficient (Wildman–Crippen LogP) is 0.322. The molecular formula is C4H3N3O. The molecule has 0 N–H and O–H groups in total. The molecule has 0 aliphatic heterocycles. The highest BCUT2D eigenvalue weighted by atomic mass is 16.6. The van der Waals surface area contributed by atoms with Crippen molar-refractivity contribution in [3.05, 3.63) is 18.5 Å². The Bertz CT molecular complexity index is 233. The Morgan fingerprint density at radius 1 is 1.62 bits per heavy atom. The van der Waals surface area contributed by atoms with E-state index in [0.717, 1.165) is 5.52 Å². The fourth-order valence-corrected chi connectivity index (χ4v) is 0.584. The van der Waals surface area contributed by atoms with Gasteiger partial charge in [-0.25, -0.2) is 4.63 Å². The summed E-state index contributed by atoms with van der Waals surface area (Å²) >= 11 is 0. The van der Waals surface area contributed by atoms with Crippen LogP contribution in [-0.2, 0) is 0 Å². The summed E-state index contributed by atoms with van der Waals surface area (Å²) in [4.78, 5) is 0. The molecule has 0 atom stereocenters. The van der Waals surface area contributed by atoms with Crippen LogP contribution < -0.4 is 0 Å². The normalized spacial score (nSPS) is 10.5. The van der Waals surface area contributed by atoms with Gasteiger partial charge in [-0.3, -0.25) is 0 Å². The van der Waals surface area contributed by atoms with Gasteiger partial charge < -0.3 is 0 Å². The van der Waals surface area contributed by atoms with E-state index in [1.165, 1.54) is 4.69 Å². The number of aromatic nitrogens is 3. The molecule has 0 bridgehead atoms. The minimum atomic E-state index is 0.880. The molecule has 2 rings (SSSR count). The molecule has 0 saturated carbocycles. The Morgan fingerprint density at radius 2 is 2.62 bits per heavy atom. The molecule has 0 unspecified atom stereocenters. The zero-order valence-electron chi connectivity index (χ0n) is 3.98. The summed E-state index contributed by atoms with van der Waals surface area (Å²) in [6.07, 6.45) is 3.26. The SMILES string of the molecule is c1cc2cnon2n1. The smallest absolute Gasteiger partial charge is 0.127 e. The number of rotatable bonds is 0. The van der Waals surface area contributed by atoms with Gasteiger partial charge in [0.2, 0.25) is 0 Å². The summed E-state index contributed by atoms with van der Waals surface area (Å²) in [7, 11) is 0. The molecule has 0 aromatic carbocycles. The van der Waals surface area contributed by atoms with E-state index < -0.39 is 0 Å². The second-order valence-electron chi connectivity index (χ2n) is 1.45. The van der Waals surface area contributed by atoms with Gasteiger partial charge >= 0.3 is 0 Å². The first-order chi connectivity index (χ1) is 3.97. The highest BCUT2D eigenvalue weighted by molar-refractivity contribution is 5.39. The van der Waals surface area contributed by atoms with Crippen molar-refractivity contribution in [1.82, 2.24) is 14.9 Å². The Kier molecular flexibility index (Phi) is 0.498. The van der Waals surface area contributed by atoms with Gasteiger partial charge in [-0.2, -0.15) is 0 Å². The number of hydrogen-bond acceptors (Lipinski definition) is 3. The van der Waals surface area contributed by atoms with Crippen molar-refractivity contribution in [3.63, 3.8) is 0 Å². The summed E-state index contributed by atoms with van der Waals surface area (Å²) < 4.78 is 5.96. The lowest BCUT2D eigenvalue weighted by atomic mass is 10.6. The summed E-state index contributed by atoms with van der Waals surface area (Å²) in [5.74, 6) is 0. The van der Waals surface area contributed by atoms with Gasteiger partial charge in [-0.15, -0.1) is 5.10 Å². The lowest BCUT2D eigenvalue weighted by Crippen LogP contribution is -1.75. The molecular weight excluding hydrogens is 106 g/mol. The molecule has 0 fully saturated rings. The molecule has 2 heterocycles. The maximum Gasteiger partial charge on any atom is 0.127 e. The van der Waals surface area contributed by atoms with E-state index in [1.54, 1.807) is 12.4 Å². The second kappa shape index (κ2) is 1.09. The molecule has 40 valence electrons. The summed E-state index contributed by atoms with van der Waals surface area (Å²) in [5, 5.41) is 7.25. The molecule has 2 aromatic rings. The van der Waals surface area contributed by atoms with Crippen molar-refractivity contribution in [3.8, 4) is 0 Å². The predicted molar refractivity (Wildman–Crippen MR) is 25.3 cm³/mol. The van der Waals surface area contributed by atoms with Crippen LogP contribution >= 0.6 is 0 Å². The number of fused-ring (bicyclic) bond motifs is 1. The van der Waals surface area contributed by atoms with Gasteiger partial charge in [-0.05, 0) is 6.07 Å². The van der Waals surface area contributed by atoms with Gasteiger partial charge in [-0.1, -0.05) is 9.84 Å². The lowest BCUT2D eigenvalue weighted by molar-refractivity contribution is 0.245. The second-order valence-corrected chi connectivity index (χ2v) is 1.45. The Morgan fingerprint density at radius 3 is 3.50 bits per heavy atom. The van der Waals surface area contributed by atoms with Crippen LogP contribution in [0.2, 0.25) is 0 Å². The standard InChI is InChI=1S/C4H3N3O/c1-2-5-7-4(1)3-6-8-7/h1-3H. The van der Waals surface area contributed by atoms with Crippen LogP contribution in [0, 0.1) is 0 Å². The van der Waals surface area contributed by atoms with E-state index in [1.807, 2.05) is 6.07 Å². The zero-order valence-corrected chi connectivity index (χ0v) is 3.98. The van der Waals surface area contributed by atoms with Gasteiger partial charge in [0.25, 0.3) is 0 Å². The molecule has 0 saturated heterocycles. The topological polar surface area (TPSA) is 43.3 Å². The quantitative estimate of drug-likeness (QED) is 0.489. The van der Waals surface area contributed by atoms with Crippen molar-refractivity contribution in [2.24, 2.45) is 0 Å². The van der Waals surface area contributed by atoms with Crippen molar-refractivity contribution in [2.75, 3.05) is 0 Å². The summed E-state index contributed by atoms with van der Waals surface area (Å²) in [5.41, 5.74) is 0.880. The monoisotopic (exact) mass is 109 g/mol. The first kappa shape index (κ1) is 3.65. The molecule has 0 aliphatic carbocycles. The minimum absolute atomic E-state index is 0.880. The molecule has 8 heavy (non-hydrogen) atoms. The summed E-state index contributed by atoms with van der Waals surface area (Å²) in [6, 6.07) is 1.82. The zero-order chi connectivity index (χ0) is 5.40. The van der Waals surface area contributed by atoms with Crippen LogP contribution in [0.15, 0.2) is 23.1 Å². The molecule has 0 amide bonds. The number of nitrogens with zero attached hydrogens (tertiary/aromatic N) is 3. The van der Waals surface area contributed by atoms with E-state index in [4.69, 9.17) is 0 Å². The van der Waals surface area contributed by atoms with Crippen LogP contribution in [0.3, 0.4) is 0 Å². The van der Waals surface area contributed by atoms with Gasteiger partial charge in [0, 0.05) is 0 Å². The van der Waals surface area contributed by atoms with Crippen LogP contribution in [0.1, 0.15) is 0 Å². The molecule has 2 aromatic heterocycles. The fraction of sp³-hybridized carbons (Fsp3) is 0. The molecule has 0 spiro atoms. The third-order valence-corrected chi connectivity index (χ3v) is 0.947. The van der Waals surface area contributed by atoms with Gasteiger partial charge in [0.1, 0.15) is 5.52 Å². The average Bonchev–Trinajstić information content (AvgIpc) is 2.15. The van der Waals surface area contributed by atoms with Gasteiger partial charge in [0.05, 0.1) is 12.4 Å². The molecule has 4 heteroatoms. The van der Waals surface area contributed by atoms with E-state index in [9.17, 15) is 0 Å². The highest BCUT2D eigenvalue weighted by Crippen LogP contribution is 1.95. The highest BCUT2D eigenvalue weighted by Gasteiger charge is 1.91. The van der Waals surface area contributed by atoms with E-state index in [0.29, 0.717) is 0 Å². The minimum Gasteiger partial charge on any atom is -0.245 e. The van der Waals surface area contributed by atoms with Crippen LogP contribution in [0.4, 0.5) is 0 Å². The molecule has 4 nitrogen and oxygen atoms in total. The Hall–Kier alpha value is -1.32. The van der Waals surface area contributed by atoms with Crippen LogP contribution in [0.25, 0.3) is 5.52 Å². The van der Waals surface area contributed by atoms with E-state index in [2.05, 4.69) is 14.9 Å². The fourth-order valence-electron chi connectivity index (χ4n) is 0.584.